The number of aromatic nitrogens is 2. The molecule has 0 unspecified atom stereocenters. The van der Waals surface area contributed by atoms with E-state index in [1.165, 1.54) is 24.9 Å². The summed E-state index contributed by atoms with van der Waals surface area (Å²) in [6, 6.07) is 6.33. The van der Waals surface area contributed by atoms with Gasteiger partial charge in [-0.1, -0.05) is 6.07 Å². The fourth-order valence-electron chi connectivity index (χ4n) is 2.44. The standard InChI is InChI=1S/C12H15N3S/c16-12-13-9-5-4-6-10(11(9)14-12)15-7-2-1-3-8-15/h4-6H,1-3,7-8H2,(H2,13,14,16). The van der Waals surface area contributed by atoms with Gasteiger partial charge in [0.25, 0.3) is 0 Å². The van der Waals surface area contributed by atoms with Crippen LogP contribution in [0.4, 0.5) is 5.69 Å². The summed E-state index contributed by atoms with van der Waals surface area (Å²) in [5, 5.41) is 0. The number of rotatable bonds is 1. The van der Waals surface area contributed by atoms with Crippen LogP contribution in [0.15, 0.2) is 18.2 Å². The van der Waals surface area contributed by atoms with Crippen molar-refractivity contribution in [2.75, 3.05) is 18.0 Å². The Morgan fingerprint density at radius 1 is 1.06 bits per heavy atom. The Morgan fingerprint density at radius 2 is 1.88 bits per heavy atom. The first-order chi connectivity index (χ1) is 7.84. The quantitative estimate of drug-likeness (QED) is 0.742. The number of hydrogen-bond acceptors (Lipinski definition) is 2. The number of nitrogens with zero attached hydrogens (tertiary/aromatic N) is 1. The number of H-pyrrole nitrogens is 2. The molecule has 2 aromatic rings. The zero-order valence-corrected chi connectivity index (χ0v) is 9.94. The second kappa shape index (κ2) is 3.94. The minimum atomic E-state index is 0.708. The predicted octanol–water partition coefficient (Wildman–Crippen LogP) is 3.22. The molecule has 1 saturated heterocycles. The van der Waals surface area contributed by atoms with E-state index in [1.54, 1.807) is 0 Å². The number of hydrogen-bond donors (Lipinski definition) is 2. The van der Waals surface area contributed by atoms with Gasteiger partial charge in [0.1, 0.15) is 0 Å². The molecule has 0 atom stereocenters. The van der Waals surface area contributed by atoms with Gasteiger partial charge < -0.3 is 14.9 Å². The lowest BCUT2D eigenvalue weighted by Crippen LogP contribution is -2.29. The fourth-order valence-corrected chi connectivity index (χ4v) is 2.65. The van der Waals surface area contributed by atoms with E-state index >= 15 is 0 Å². The van der Waals surface area contributed by atoms with Gasteiger partial charge in [-0.2, -0.15) is 0 Å². The number of anilines is 1. The number of aromatic amines is 2. The third kappa shape index (κ3) is 1.63. The molecule has 1 aliphatic heterocycles. The Labute approximate surface area is 99.5 Å². The molecule has 2 N–H and O–H groups in total. The molecular formula is C12H15N3S. The highest BCUT2D eigenvalue weighted by Gasteiger charge is 2.13. The molecule has 1 aliphatic rings. The Kier molecular flexibility index (Phi) is 2.44. The van der Waals surface area contributed by atoms with Crippen LogP contribution in [0, 0.1) is 4.77 Å². The van der Waals surface area contributed by atoms with E-state index < -0.39 is 0 Å². The van der Waals surface area contributed by atoms with Gasteiger partial charge in [0, 0.05) is 13.1 Å². The van der Waals surface area contributed by atoms with Crippen LogP contribution >= 0.6 is 12.2 Å². The second-order valence-corrected chi connectivity index (χ2v) is 4.73. The van der Waals surface area contributed by atoms with Crippen LogP contribution in [-0.4, -0.2) is 23.1 Å². The fraction of sp³-hybridized carbons (Fsp3) is 0.417. The Balaban J connectivity index is 2.11. The van der Waals surface area contributed by atoms with Gasteiger partial charge in [0.2, 0.25) is 0 Å². The topological polar surface area (TPSA) is 34.8 Å². The summed E-state index contributed by atoms with van der Waals surface area (Å²) in [5.74, 6) is 0. The number of imidazole rings is 1. The van der Waals surface area contributed by atoms with Gasteiger partial charge in [-0.05, 0) is 43.6 Å². The molecule has 3 rings (SSSR count). The maximum atomic E-state index is 5.14. The monoisotopic (exact) mass is 233 g/mol. The van der Waals surface area contributed by atoms with Crippen LogP contribution in [0.2, 0.25) is 0 Å². The highest BCUT2D eigenvalue weighted by molar-refractivity contribution is 7.71. The van der Waals surface area contributed by atoms with Gasteiger partial charge in [0.05, 0.1) is 16.7 Å². The van der Waals surface area contributed by atoms with E-state index in [0.717, 1.165) is 24.1 Å². The molecule has 84 valence electrons. The van der Waals surface area contributed by atoms with Gasteiger partial charge in [-0.3, -0.25) is 0 Å². The van der Waals surface area contributed by atoms with Crippen molar-refractivity contribution in [1.29, 1.82) is 0 Å². The van der Waals surface area contributed by atoms with Gasteiger partial charge in [-0.15, -0.1) is 0 Å². The smallest absolute Gasteiger partial charge is 0.175 e. The first-order valence-electron chi connectivity index (χ1n) is 5.80. The Bertz CT molecular complexity index is 549. The summed E-state index contributed by atoms with van der Waals surface area (Å²) in [5.41, 5.74) is 3.53. The zero-order chi connectivity index (χ0) is 11.0. The number of para-hydroxylation sites is 1. The molecule has 0 amide bonds. The molecule has 1 aromatic carbocycles. The molecule has 0 radical (unpaired) electrons. The maximum absolute atomic E-state index is 5.14. The van der Waals surface area contributed by atoms with Gasteiger partial charge in [0.15, 0.2) is 4.77 Å². The molecule has 2 heterocycles. The Hall–Kier alpha value is -1.29. The zero-order valence-electron chi connectivity index (χ0n) is 9.12. The lowest BCUT2D eigenvalue weighted by Gasteiger charge is -2.29. The Morgan fingerprint density at radius 3 is 2.69 bits per heavy atom. The van der Waals surface area contributed by atoms with E-state index in [1.807, 2.05) is 0 Å². The van der Waals surface area contributed by atoms with Crippen LogP contribution in [-0.2, 0) is 0 Å². The summed E-state index contributed by atoms with van der Waals surface area (Å²) in [6.45, 7) is 2.32. The first kappa shape index (κ1) is 9.90. The molecule has 16 heavy (non-hydrogen) atoms. The van der Waals surface area contributed by atoms with E-state index in [-0.39, 0.29) is 0 Å². The summed E-state index contributed by atoms with van der Waals surface area (Å²) in [6.07, 6.45) is 3.94. The minimum Gasteiger partial charge on any atom is -0.370 e. The van der Waals surface area contributed by atoms with Crippen molar-refractivity contribution < 1.29 is 0 Å². The number of piperidine rings is 1. The van der Waals surface area contributed by atoms with Gasteiger partial charge >= 0.3 is 0 Å². The number of fused-ring (bicyclic) bond motifs is 1. The predicted molar refractivity (Wildman–Crippen MR) is 69.5 cm³/mol. The molecule has 0 spiro atoms. The molecule has 1 fully saturated rings. The molecular weight excluding hydrogens is 218 g/mol. The number of nitrogens with one attached hydrogen (secondary N) is 2. The minimum absolute atomic E-state index is 0.708. The molecule has 3 nitrogen and oxygen atoms in total. The van der Waals surface area contributed by atoms with Crippen molar-refractivity contribution in [3.05, 3.63) is 23.0 Å². The molecule has 0 bridgehead atoms. The van der Waals surface area contributed by atoms with Crippen LogP contribution in [0.5, 0.6) is 0 Å². The van der Waals surface area contributed by atoms with Crippen LogP contribution in [0.3, 0.4) is 0 Å². The van der Waals surface area contributed by atoms with Crippen molar-refractivity contribution in [1.82, 2.24) is 9.97 Å². The van der Waals surface area contributed by atoms with Crippen LogP contribution in [0.1, 0.15) is 19.3 Å². The summed E-state index contributed by atoms with van der Waals surface area (Å²) in [4.78, 5) is 8.86. The average Bonchev–Trinajstić information content (AvgIpc) is 2.70. The van der Waals surface area contributed by atoms with Crippen molar-refractivity contribution in [3.63, 3.8) is 0 Å². The number of benzene rings is 1. The molecule has 0 aliphatic carbocycles. The van der Waals surface area contributed by atoms with E-state index in [0.29, 0.717) is 4.77 Å². The largest absolute Gasteiger partial charge is 0.370 e. The average molecular weight is 233 g/mol. The third-order valence-corrected chi connectivity index (χ3v) is 3.43. The van der Waals surface area contributed by atoms with Crippen molar-refractivity contribution in [2.24, 2.45) is 0 Å². The molecule has 0 saturated carbocycles. The normalized spacial score (nSPS) is 16.9. The lowest BCUT2D eigenvalue weighted by atomic mass is 10.1. The third-order valence-electron chi connectivity index (χ3n) is 3.23. The molecule has 1 aromatic heterocycles. The highest BCUT2D eigenvalue weighted by Crippen LogP contribution is 2.26. The first-order valence-corrected chi connectivity index (χ1v) is 6.21. The lowest BCUT2D eigenvalue weighted by molar-refractivity contribution is 0.579. The molecule has 4 heteroatoms. The highest BCUT2D eigenvalue weighted by atomic mass is 32.1. The SMILES string of the molecule is S=c1[nH]c2cccc(N3CCCCC3)c2[nH]1. The summed E-state index contributed by atoms with van der Waals surface area (Å²) in [7, 11) is 0. The van der Waals surface area contributed by atoms with Crippen molar-refractivity contribution >= 4 is 28.9 Å². The van der Waals surface area contributed by atoms with Crippen LogP contribution in [0.25, 0.3) is 11.0 Å². The van der Waals surface area contributed by atoms with E-state index in [2.05, 4.69) is 33.1 Å². The van der Waals surface area contributed by atoms with Crippen molar-refractivity contribution in [3.8, 4) is 0 Å². The summed E-state index contributed by atoms with van der Waals surface area (Å²) >= 11 is 5.14. The van der Waals surface area contributed by atoms with Crippen molar-refractivity contribution in [2.45, 2.75) is 19.3 Å². The van der Waals surface area contributed by atoms with E-state index in [9.17, 15) is 0 Å². The summed E-state index contributed by atoms with van der Waals surface area (Å²) < 4.78 is 0.708. The van der Waals surface area contributed by atoms with Gasteiger partial charge in [-0.25, -0.2) is 0 Å². The van der Waals surface area contributed by atoms with Crippen LogP contribution < -0.4 is 4.90 Å². The maximum Gasteiger partial charge on any atom is 0.175 e. The second-order valence-electron chi connectivity index (χ2n) is 4.33. The van der Waals surface area contributed by atoms with E-state index in [4.69, 9.17) is 12.2 Å².